The van der Waals surface area contributed by atoms with Crippen molar-refractivity contribution >= 4 is 18.2 Å². The quantitative estimate of drug-likeness (QED) is 0.249. The Labute approximate surface area is 99.7 Å². The van der Waals surface area contributed by atoms with Gasteiger partial charge in [-0.25, -0.2) is 14.6 Å². The number of aliphatic hydroxyl groups is 1. The van der Waals surface area contributed by atoms with E-state index in [-0.39, 0.29) is 24.5 Å². The number of rotatable bonds is 5. The molecule has 0 saturated heterocycles. The first-order valence-electron chi connectivity index (χ1n) is 5.02. The number of hydrogen-bond donors (Lipinski definition) is 2. The van der Waals surface area contributed by atoms with E-state index in [4.69, 9.17) is 0 Å². The Morgan fingerprint density at radius 3 is 2.65 bits per heavy atom. The molecule has 0 aromatic heterocycles. The second kappa shape index (κ2) is 8.09. The first-order chi connectivity index (χ1) is 8.02. The minimum atomic E-state index is -0.729. The van der Waals surface area contributed by atoms with Gasteiger partial charge in [0, 0.05) is 6.54 Å². The van der Waals surface area contributed by atoms with E-state index in [0.717, 1.165) is 6.21 Å². The van der Waals surface area contributed by atoms with Crippen molar-refractivity contribution in [1.29, 1.82) is 0 Å². The SMILES string of the molecule is C=CCNC(=O)/N=C/C(C(=O)OCC)=C(/C)O. The topological polar surface area (TPSA) is 88.0 Å². The molecular weight excluding hydrogens is 224 g/mol. The predicted molar refractivity (Wildman–Crippen MR) is 64.0 cm³/mol. The molecule has 0 heterocycles. The highest BCUT2D eigenvalue weighted by molar-refractivity contribution is 6.11. The molecule has 0 rings (SSSR count). The van der Waals surface area contributed by atoms with E-state index < -0.39 is 12.0 Å². The summed E-state index contributed by atoms with van der Waals surface area (Å²) in [7, 11) is 0. The fraction of sp³-hybridized carbons (Fsp3) is 0.364. The lowest BCUT2D eigenvalue weighted by atomic mass is 10.2. The lowest BCUT2D eigenvalue weighted by molar-refractivity contribution is -0.138. The minimum Gasteiger partial charge on any atom is -0.512 e. The zero-order valence-electron chi connectivity index (χ0n) is 9.90. The van der Waals surface area contributed by atoms with Crippen molar-refractivity contribution < 1.29 is 19.4 Å². The molecule has 0 aliphatic rings. The van der Waals surface area contributed by atoms with E-state index in [1.165, 1.54) is 13.0 Å². The molecule has 0 bridgehead atoms. The molecule has 6 nitrogen and oxygen atoms in total. The molecule has 94 valence electrons. The van der Waals surface area contributed by atoms with Crippen molar-refractivity contribution in [2.24, 2.45) is 4.99 Å². The van der Waals surface area contributed by atoms with Crippen LogP contribution in [0.25, 0.3) is 0 Å². The Balaban J connectivity index is 4.62. The Kier molecular flexibility index (Phi) is 7.09. The summed E-state index contributed by atoms with van der Waals surface area (Å²) in [6.45, 7) is 6.80. The smallest absolute Gasteiger partial charge is 0.343 e. The Morgan fingerprint density at radius 1 is 1.53 bits per heavy atom. The number of esters is 1. The summed E-state index contributed by atoms with van der Waals surface area (Å²) in [6, 6.07) is -0.632. The van der Waals surface area contributed by atoms with Crippen molar-refractivity contribution in [1.82, 2.24) is 5.32 Å². The van der Waals surface area contributed by atoms with Gasteiger partial charge in [-0.2, -0.15) is 0 Å². The molecule has 6 heteroatoms. The maximum atomic E-state index is 11.3. The fourth-order valence-electron chi connectivity index (χ4n) is 0.831. The number of aliphatic hydroxyl groups excluding tert-OH is 1. The molecule has 0 unspecified atom stereocenters. The standard InChI is InChI=1S/C11H16N2O4/c1-4-6-12-11(16)13-7-9(8(3)14)10(15)17-5-2/h4,7,14H,1,5-6H2,2-3H3,(H,12,16)/b9-8+,13-7+. The summed E-state index contributed by atoms with van der Waals surface area (Å²) >= 11 is 0. The third-order valence-corrected chi connectivity index (χ3v) is 1.59. The lowest BCUT2D eigenvalue weighted by Gasteiger charge is -2.02. The first kappa shape index (κ1) is 14.9. The van der Waals surface area contributed by atoms with Gasteiger partial charge in [-0.1, -0.05) is 6.08 Å². The second-order valence-electron chi connectivity index (χ2n) is 2.95. The van der Waals surface area contributed by atoms with Crippen LogP contribution in [-0.4, -0.2) is 36.5 Å². The number of nitrogens with zero attached hydrogens (tertiary/aromatic N) is 1. The fourth-order valence-corrected chi connectivity index (χ4v) is 0.831. The summed E-state index contributed by atoms with van der Waals surface area (Å²) in [4.78, 5) is 25.9. The monoisotopic (exact) mass is 240 g/mol. The highest BCUT2D eigenvalue weighted by Crippen LogP contribution is 2.01. The van der Waals surface area contributed by atoms with Crippen LogP contribution >= 0.6 is 0 Å². The van der Waals surface area contributed by atoms with Crippen LogP contribution in [0.5, 0.6) is 0 Å². The van der Waals surface area contributed by atoms with E-state index in [2.05, 4.69) is 21.6 Å². The van der Waals surface area contributed by atoms with Gasteiger partial charge >= 0.3 is 12.0 Å². The number of urea groups is 1. The number of allylic oxidation sites excluding steroid dienone is 1. The van der Waals surface area contributed by atoms with Gasteiger partial charge in [-0.15, -0.1) is 6.58 Å². The summed E-state index contributed by atoms with van der Waals surface area (Å²) in [5.41, 5.74) is -0.152. The van der Waals surface area contributed by atoms with Crippen LogP contribution in [0.3, 0.4) is 0 Å². The van der Waals surface area contributed by atoms with Crippen molar-refractivity contribution in [3.63, 3.8) is 0 Å². The molecule has 2 amide bonds. The van der Waals surface area contributed by atoms with Crippen molar-refractivity contribution in [2.45, 2.75) is 13.8 Å². The van der Waals surface area contributed by atoms with Crippen LogP contribution in [0.4, 0.5) is 4.79 Å². The molecule has 0 saturated carbocycles. The minimum absolute atomic E-state index is 0.152. The Morgan fingerprint density at radius 2 is 2.18 bits per heavy atom. The number of aliphatic imine (C=N–C) groups is 1. The van der Waals surface area contributed by atoms with Gasteiger partial charge in [0.2, 0.25) is 0 Å². The van der Waals surface area contributed by atoms with Crippen LogP contribution in [0.15, 0.2) is 29.0 Å². The van der Waals surface area contributed by atoms with Crippen molar-refractivity contribution in [3.05, 3.63) is 24.0 Å². The molecule has 0 aliphatic carbocycles. The number of carbonyl (C=O) groups excluding carboxylic acids is 2. The number of nitrogens with one attached hydrogen (secondary N) is 1. The van der Waals surface area contributed by atoms with Crippen molar-refractivity contribution in [3.8, 4) is 0 Å². The van der Waals surface area contributed by atoms with E-state index in [9.17, 15) is 14.7 Å². The second-order valence-corrected chi connectivity index (χ2v) is 2.95. The number of amides is 2. The highest BCUT2D eigenvalue weighted by Gasteiger charge is 2.12. The van der Waals surface area contributed by atoms with Crippen LogP contribution in [-0.2, 0) is 9.53 Å². The van der Waals surface area contributed by atoms with Gasteiger partial charge in [0.15, 0.2) is 0 Å². The number of carbonyl (C=O) groups is 2. The average molecular weight is 240 g/mol. The van der Waals surface area contributed by atoms with E-state index >= 15 is 0 Å². The molecule has 0 fully saturated rings. The largest absolute Gasteiger partial charge is 0.512 e. The van der Waals surface area contributed by atoms with Gasteiger partial charge in [-0.3, -0.25) is 0 Å². The molecular formula is C11H16N2O4. The zero-order valence-corrected chi connectivity index (χ0v) is 9.90. The maximum absolute atomic E-state index is 11.3. The van der Waals surface area contributed by atoms with E-state index in [0.29, 0.717) is 0 Å². The van der Waals surface area contributed by atoms with Gasteiger partial charge in [0.25, 0.3) is 0 Å². The maximum Gasteiger partial charge on any atom is 0.343 e. The highest BCUT2D eigenvalue weighted by atomic mass is 16.5. The van der Waals surface area contributed by atoms with Crippen LogP contribution in [0.2, 0.25) is 0 Å². The Bertz CT molecular complexity index is 354. The molecule has 2 N–H and O–H groups in total. The third-order valence-electron chi connectivity index (χ3n) is 1.59. The van der Waals surface area contributed by atoms with Gasteiger partial charge in [0.05, 0.1) is 12.8 Å². The predicted octanol–water partition coefficient (Wildman–Crippen LogP) is 1.35. The van der Waals surface area contributed by atoms with Gasteiger partial charge < -0.3 is 15.2 Å². The molecule has 0 aliphatic heterocycles. The van der Waals surface area contributed by atoms with Crippen molar-refractivity contribution in [2.75, 3.05) is 13.2 Å². The zero-order chi connectivity index (χ0) is 13.3. The molecule has 0 atom stereocenters. The molecule has 0 spiro atoms. The van der Waals surface area contributed by atoms with Gasteiger partial charge in [0.1, 0.15) is 11.3 Å². The van der Waals surface area contributed by atoms with Crippen LogP contribution in [0.1, 0.15) is 13.8 Å². The summed E-state index contributed by atoms with van der Waals surface area (Å²) in [5, 5.41) is 11.6. The first-order valence-corrected chi connectivity index (χ1v) is 5.02. The summed E-state index contributed by atoms with van der Waals surface area (Å²) in [6.07, 6.45) is 2.46. The van der Waals surface area contributed by atoms with Crippen LogP contribution < -0.4 is 5.32 Å². The summed E-state index contributed by atoms with van der Waals surface area (Å²) in [5.74, 6) is -0.989. The Hall–Kier alpha value is -2.11. The average Bonchev–Trinajstić information content (AvgIpc) is 2.26. The number of ether oxygens (including phenoxy) is 1. The lowest BCUT2D eigenvalue weighted by Crippen LogP contribution is -2.20. The van der Waals surface area contributed by atoms with E-state index in [1.54, 1.807) is 6.92 Å². The molecule has 0 aromatic rings. The molecule has 0 radical (unpaired) electrons. The number of hydrogen-bond acceptors (Lipinski definition) is 4. The normalized spacial score (nSPS) is 11.9. The third kappa shape index (κ3) is 6.14. The summed E-state index contributed by atoms with van der Waals surface area (Å²) < 4.78 is 4.68. The van der Waals surface area contributed by atoms with Gasteiger partial charge in [-0.05, 0) is 13.8 Å². The van der Waals surface area contributed by atoms with E-state index in [1.807, 2.05) is 0 Å². The van der Waals surface area contributed by atoms with Crippen LogP contribution in [0, 0.1) is 0 Å². The molecule has 17 heavy (non-hydrogen) atoms. The molecule has 0 aromatic carbocycles.